The van der Waals surface area contributed by atoms with Crippen molar-refractivity contribution in [3.8, 4) is 0 Å². The fourth-order valence-corrected chi connectivity index (χ4v) is 3.98. The molecule has 0 aliphatic rings. The van der Waals surface area contributed by atoms with E-state index in [1.165, 1.54) is 0 Å². The van der Waals surface area contributed by atoms with E-state index in [9.17, 15) is 43.8 Å². The van der Waals surface area contributed by atoms with E-state index in [4.69, 9.17) is 28.0 Å². The number of nitrogens with one attached hydrogen (secondary N) is 5. The lowest BCUT2D eigenvalue weighted by Gasteiger charge is -2.27. The fraction of sp³-hybridized carbons (Fsp3) is 0.731. The number of aliphatic carboxylic acids is 1. The van der Waals surface area contributed by atoms with Crippen LogP contribution in [0.4, 0.5) is 0 Å². The quantitative estimate of drug-likeness (QED) is 0.0435. The minimum absolute atomic E-state index is 0.00205. The molecular weight excluding hydrogens is 598 g/mol. The first-order chi connectivity index (χ1) is 21.2. The second-order valence-electron chi connectivity index (χ2n) is 10.3. The minimum Gasteiger partial charge on any atom is -0.480 e. The van der Waals surface area contributed by atoms with Crippen LogP contribution in [-0.2, 0) is 33.6 Å². The average Bonchev–Trinajstić information content (AvgIpc) is 2.98. The number of carbonyl (C=O) groups is 7. The summed E-state index contributed by atoms with van der Waals surface area (Å²) in [5, 5.41) is 40.1. The summed E-state index contributed by atoms with van der Waals surface area (Å²) in [4.78, 5) is 87.0. The summed E-state index contributed by atoms with van der Waals surface area (Å²) in [6, 6.07) is -7.20. The van der Waals surface area contributed by atoms with Crippen LogP contribution in [0.3, 0.4) is 0 Å². The van der Waals surface area contributed by atoms with Gasteiger partial charge >= 0.3 is 5.97 Å². The highest BCUT2D eigenvalue weighted by Gasteiger charge is 2.34. The van der Waals surface area contributed by atoms with Gasteiger partial charge in [0.05, 0.1) is 19.3 Å². The number of hydrogen-bond donors (Lipinski definition) is 12. The van der Waals surface area contributed by atoms with E-state index in [0.717, 1.165) is 6.92 Å². The zero-order valence-corrected chi connectivity index (χ0v) is 25.5. The predicted molar refractivity (Wildman–Crippen MR) is 159 cm³/mol. The fourth-order valence-electron chi connectivity index (χ4n) is 3.98. The molecular formula is C26H49N9O10. The summed E-state index contributed by atoms with van der Waals surface area (Å²) >= 11 is 0. The Labute approximate surface area is 260 Å². The molecule has 0 spiro atoms. The van der Waals surface area contributed by atoms with E-state index in [1.54, 1.807) is 0 Å². The molecule has 6 atom stereocenters. The topological polar surface area (TPSA) is 344 Å². The highest BCUT2D eigenvalue weighted by molar-refractivity contribution is 5.96. The summed E-state index contributed by atoms with van der Waals surface area (Å²) in [7, 11) is 0. The van der Waals surface area contributed by atoms with Crippen molar-refractivity contribution >= 4 is 41.4 Å². The van der Waals surface area contributed by atoms with Gasteiger partial charge in [0.1, 0.15) is 30.2 Å². The number of aliphatic hydroxyl groups is 2. The van der Waals surface area contributed by atoms with Crippen LogP contribution < -0.4 is 49.5 Å². The van der Waals surface area contributed by atoms with Crippen molar-refractivity contribution < 1.29 is 48.9 Å². The van der Waals surface area contributed by atoms with Crippen LogP contribution in [0.25, 0.3) is 0 Å². The third kappa shape index (κ3) is 16.7. The first-order valence-corrected chi connectivity index (χ1v) is 14.6. The van der Waals surface area contributed by atoms with E-state index in [2.05, 4.69) is 21.3 Å². The summed E-state index contributed by atoms with van der Waals surface area (Å²) in [5.41, 5.74) is 21.7. The largest absolute Gasteiger partial charge is 0.480 e. The molecule has 19 nitrogen and oxygen atoms in total. The second kappa shape index (κ2) is 22.6. The summed E-state index contributed by atoms with van der Waals surface area (Å²) in [6.07, 6.45) is -0.142. The van der Waals surface area contributed by atoms with E-state index < -0.39 is 90.9 Å². The van der Waals surface area contributed by atoms with Crippen LogP contribution in [0.15, 0.2) is 0 Å². The molecule has 0 aliphatic carbocycles. The van der Waals surface area contributed by atoms with Gasteiger partial charge in [-0.15, -0.1) is 0 Å². The molecule has 45 heavy (non-hydrogen) atoms. The lowest BCUT2D eigenvalue weighted by atomic mass is 10.0. The number of amides is 6. The normalized spacial score (nSPS) is 14.9. The van der Waals surface area contributed by atoms with Crippen molar-refractivity contribution in [1.29, 1.82) is 0 Å². The Morgan fingerprint density at radius 3 is 1.49 bits per heavy atom. The number of primary amides is 1. The lowest BCUT2D eigenvalue weighted by Crippen LogP contribution is -2.61. The maximum absolute atomic E-state index is 13.4. The zero-order chi connectivity index (χ0) is 34.5. The number of aliphatic hydroxyl groups excluding tert-OH is 2. The zero-order valence-electron chi connectivity index (χ0n) is 25.5. The van der Waals surface area contributed by atoms with Crippen LogP contribution in [0.1, 0.15) is 58.3 Å². The average molecular weight is 648 g/mol. The van der Waals surface area contributed by atoms with Crippen LogP contribution in [0.5, 0.6) is 0 Å². The number of rotatable bonds is 24. The molecule has 6 amide bonds. The highest BCUT2D eigenvalue weighted by Crippen LogP contribution is 2.08. The number of hydrogen-bond acceptors (Lipinski definition) is 12. The van der Waals surface area contributed by atoms with Gasteiger partial charge in [0.25, 0.3) is 0 Å². The first-order valence-electron chi connectivity index (χ1n) is 14.6. The van der Waals surface area contributed by atoms with Crippen molar-refractivity contribution in [2.75, 3.05) is 26.2 Å². The van der Waals surface area contributed by atoms with Gasteiger partial charge in [-0.25, -0.2) is 4.79 Å². The van der Waals surface area contributed by atoms with Crippen molar-refractivity contribution in [3.63, 3.8) is 0 Å². The van der Waals surface area contributed by atoms with Crippen LogP contribution in [0.2, 0.25) is 0 Å². The smallest absolute Gasteiger partial charge is 0.328 e. The van der Waals surface area contributed by atoms with Crippen LogP contribution >= 0.6 is 0 Å². The molecule has 258 valence electrons. The molecule has 0 rings (SSSR count). The Kier molecular flexibility index (Phi) is 20.6. The number of unbranched alkanes of at least 4 members (excludes halogenated alkanes) is 2. The molecule has 0 radical (unpaired) electrons. The van der Waals surface area contributed by atoms with Gasteiger partial charge in [0, 0.05) is 6.42 Å². The van der Waals surface area contributed by atoms with Crippen molar-refractivity contribution in [2.45, 2.75) is 94.6 Å². The standard InChI is InChI=1S/C26H49N9O10/c1-14(37)21(25(43)34-18(13-36)26(44)45)35-24(42)16(7-3-5-11-28)32-23(41)17(8-9-19(30)38)33-22(40)15(6-2-4-10-27)31-20(39)12-29/h14-18,21,36-37H,2-13,27-29H2,1H3,(H2,30,38)(H,31,39)(H,32,41)(H,33,40)(H,34,43)(H,35,42)(H,44,45)/t14-,15+,16+,17+,18+,21+/m1/s1. The molecule has 16 N–H and O–H groups in total. The van der Waals surface area contributed by atoms with E-state index in [1.807, 2.05) is 5.32 Å². The molecule has 0 unspecified atom stereocenters. The Hall–Kier alpha value is -3.91. The number of carbonyl (C=O) groups excluding carboxylic acids is 6. The minimum atomic E-state index is -1.71. The van der Waals surface area contributed by atoms with Crippen LogP contribution in [0, 0.1) is 0 Å². The molecule has 0 aromatic rings. The number of nitrogens with two attached hydrogens (primary N) is 4. The third-order valence-electron chi connectivity index (χ3n) is 6.54. The predicted octanol–water partition coefficient (Wildman–Crippen LogP) is -5.65. The molecule has 0 aromatic carbocycles. The molecule has 0 aliphatic heterocycles. The summed E-state index contributed by atoms with van der Waals surface area (Å²) in [5.74, 6) is -6.66. The Morgan fingerprint density at radius 2 is 1.09 bits per heavy atom. The summed E-state index contributed by atoms with van der Waals surface area (Å²) in [6.45, 7) is 0.408. The Morgan fingerprint density at radius 1 is 0.644 bits per heavy atom. The Balaban J connectivity index is 6.03. The molecule has 0 fully saturated rings. The van der Waals surface area contributed by atoms with Gasteiger partial charge in [-0.2, -0.15) is 0 Å². The number of carboxylic acids is 1. The molecule has 19 heteroatoms. The van der Waals surface area contributed by atoms with Gasteiger partial charge in [-0.05, 0) is 65.0 Å². The van der Waals surface area contributed by atoms with E-state index >= 15 is 0 Å². The molecule has 0 aromatic heterocycles. The maximum atomic E-state index is 13.4. The van der Waals surface area contributed by atoms with Crippen molar-refractivity contribution in [3.05, 3.63) is 0 Å². The molecule has 0 saturated carbocycles. The van der Waals surface area contributed by atoms with Crippen molar-refractivity contribution in [2.24, 2.45) is 22.9 Å². The maximum Gasteiger partial charge on any atom is 0.328 e. The van der Waals surface area contributed by atoms with Gasteiger partial charge in [-0.1, -0.05) is 0 Å². The second-order valence-corrected chi connectivity index (χ2v) is 10.3. The summed E-state index contributed by atoms with van der Waals surface area (Å²) < 4.78 is 0. The van der Waals surface area contributed by atoms with Gasteiger partial charge < -0.3 is 64.8 Å². The van der Waals surface area contributed by atoms with E-state index in [-0.39, 0.29) is 32.2 Å². The highest BCUT2D eigenvalue weighted by atomic mass is 16.4. The SMILES string of the molecule is C[C@@H](O)[C@H](NC(=O)[C@H](CCCCN)NC(=O)[C@H](CCC(N)=O)NC(=O)[C@H](CCCCN)NC(=O)CN)C(=O)N[C@@H](CO)C(=O)O. The monoisotopic (exact) mass is 647 g/mol. The van der Waals surface area contributed by atoms with Gasteiger partial charge in [-0.3, -0.25) is 28.8 Å². The lowest BCUT2D eigenvalue weighted by molar-refractivity contribution is -0.144. The van der Waals surface area contributed by atoms with E-state index in [0.29, 0.717) is 32.2 Å². The molecule has 0 saturated heterocycles. The van der Waals surface area contributed by atoms with Crippen LogP contribution in [-0.4, -0.2) is 119 Å². The van der Waals surface area contributed by atoms with Gasteiger partial charge in [0.2, 0.25) is 35.4 Å². The first kappa shape index (κ1) is 41.1. The Bertz CT molecular complexity index is 998. The third-order valence-corrected chi connectivity index (χ3v) is 6.54. The molecule has 0 heterocycles. The molecule has 0 bridgehead atoms. The van der Waals surface area contributed by atoms with Crippen molar-refractivity contribution in [1.82, 2.24) is 26.6 Å². The van der Waals surface area contributed by atoms with Gasteiger partial charge in [0.15, 0.2) is 0 Å². The number of carboxylic acid groups (broad SMARTS) is 1.